The highest BCUT2D eigenvalue weighted by Gasteiger charge is 2.27. The van der Waals surface area contributed by atoms with Crippen molar-refractivity contribution in [3.63, 3.8) is 0 Å². The molecular formula is C23H21F2N7OS. The molecular weight excluding hydrogens is 460 g/mol. The second kappa shape index (κ2) is 9.72. The van der Waals surface area contributed by atoms with Crippen LogP contribution in [0.15, 0.2) is 65.8 Å². The predicted molar refractivity (Wildman–Crippen MR) is 125 cm³/mol. The summed E-state index contributed by atoms with van der Waals surface area (Å²) in [7, 11) is 0. The Kier molecular flexibility index (Phi) is 6.35. The van der Waals surface area contributed by atoms with Gasteiger partial charge in [0.05, 0.1) is 12.1 Å². The van der Waals surface area contributed by atoms with Crippen LogP contribution >= 0.6 is 11.8 Å². The second-order valence-electron chi connectivity index (χ2n) is 7.76. The molecule has 2 aromatic heterocycles. The molecule has 5 rings (SSSR count). The van der Waals surface area contributed by atoms with Crippen LogP contribution in [-0.2, 0) is 6.54 Å². The van der Waals surface area contributed by atoms with Crippen LogP contribution in [0, 0.1) is 0 Å². The molecule has 1 fully saturated rings. The van der Waals surface area contributed by atoms with Gasteiger partial charge in [-0.15, -0.1) is 5.10 Å². The normalized spacial score (nSPS) is 14.2. The Hall–Kier alpha value is -3.60. The van der Waals surface area contributed by atoms with E-state index in [1.807, 2.05) is 30.3 Å². The summed E-state index contributed by atoms with van der Waals surface area (Å²) >= 11 is 0.393. The van der Waals surface area contributed by atoms with Gasteiger partial charge in [-0.2, -0.15) is 8.78 Å². The number of carbonyl (C=O) groups excluding carboxylic acids is 1. The molecule has 1 amide bonds. The summed E-state index contributed by atoms with van der Waals surface area (Å²) in [4.78, 5) is 25.9. The number of amides is 1. The number of hydrogen-bond donors (Lipinski definition) is 0. The number of rotatable bonds is 6. The van der Waals surface area contributed by atoms with Gasteiger partial charge in [-0.1, -0.05) is 59.4 Å². The van der Waals surface area contributed by atoms with Crippen LogP contribution < -0.4 is 4.90 Å². The summed E-state index contributed by atoms with van der Waals surface area (Å²) in [6, 6.07) is 16.4. The molecule has 34 heavy (non-hydrogen) atoms. The number of alkyl halides is 2. The number of halogens is 2. The van der Waals surface area contributed by atoms with Gasteiger partial charge in [-0.3, -0.25) is 4.79 Å². The number of hydrogen-bond acceptors (Lipinski definition) is 7. The molecule has 2 aromatic carbocycles. The lowest BCUT2D eigenvalue weighted by molar-refractivity contribution is 0.0743. The number of fused-ring (bicyclic) bond motifs is 1. The number of anilines is 1. The molecule has 8 nitrogen and oxygen atoms in total. The first-order valence-electron chi connectivity index (χ1n) is 10.8. The summed E-state index contributed by atoms with van der Waals surface area (Å²) in [5, 5.41) is 8.59. The van der Waals surface area contributed by atoms with Crippen molar-refractivity contribution in [2.75, 3.05) is 31.1 Å². The fraction of sp³-hybridized carbons (Fsp3) is 0.261. The van der Waals surface area contributed by atoms with Gasteiger partial charge in [0, 0.05) is 31.1 Å². The Bertz CT molecular complexity index is 1290. The minimum absolute atomic E-state index is 0.245. The highest BCUT2D eigenvalue weighted by atomic mass is 32.2. The van der Waals surface area contributed by atoms with E-state index in [9.17, 15) is 13.6 Å². The first-order chi connectivity index (χ1) is 16.6. The number of piperazine rings is 1. The van der Waals surface area contributed by atoms with E-state index in [2.05, 4.69) is 25.2 Å². The molecule has 0 radical (unpaired) electrons. The quantitative estimate of drug-likeness (QED) is 0.390. The number of aromatic nitrogens is 5. The first kappa shape index (κ1) is 22.2. The first-order valence-corrected chi connectivity index (χ1v) is 11.6. The van der Waals surface area contributed by atoms with Crippen LogP contribution in [0.2, 0.25) is 0 Å². The van der Waals surface area contributed by atoms with Crippen molar-refractivity contribution in [3.8, 4) is 0 Å². The van der Waals surface area contributed by atoms with E-state index in [1.54, 1.807) is 33.8 Å². The number of benzene rings is 2. The summed E-state index contributed by atoms with van der Waals surface area (Å²) < 4.78 is 27.5. The maximum absolute atomic E-state index is 13.0. The Morgan fingerprint density at radius 2 is 1.71 bits per heavy atom. The highest BCUT2D eigenvalue weighted by molar-refractivity contribution is 7.99. The fourth-order valence-corrected chi connectivity index (χ4v) is 4.64. The lowest BCUT2D eigenvalue weighted by atomic mass is 10.2. The summed E-state index contributed by atoms with van der Waals surface area (Å²) in [6.07, 6.45) is 1.50. The van der Waals surface area contributed by atoms with Gasteiger partial charge in [0.1, 0.15) is 6.33 Å². The number of thioether (sulfide) groups is 1. The van der Waals surface area contributed by atoms with E-state index in [0.29, 0.717) is 67.0 Å². The SMILES string of the molecule is O=C(c1ccccc1SC(F)F)N1CCN(c2ncnc3c2nnn3Cc2ccccc2)CC1. The van der Waals surface area contributed by atoms with Crippen molar-refractivity contribution in [1.82, 2.24) is 29.9 Å². The van der Waals surface area contributed by atoms with Crippen LogP contribution in [0.25, 0.3) is 11.2 Å². The van der Waals surface area contributed by atoms with Crippen molar-refractivity contribution in [2.24, 2.45) is 0 Å². The minimum atomic E-state index is -2.58. The lowest BCUT2D eigenvalue weighted by Crippen LogP contribution is -2.49. The Morgan fingerprint density at radius 3 is 2.47 bits per heavy atom. The van der Waals surface area contributed by atoms with Crippen LogP contribution in [0.1, 0.15) is 15.9 Å². The zero-order valence-electron chi connectivity index (χ0n) is 18.1. The smallest absolute Gasteiger partial charge is 0.288 e. The van der Waals surface area contributed by atoms with Crippen LogP contribution in [-0.4, -0.2) is 67.7 Å². The van der Waals surface area contributed by atoms with E-state index in [0.717, 1.165) is 5.56 Å². The zero-order chi connectivity index (χ0) is 23.5. The third kappa shape index (κ3) is 4.56. The van der Waals surface area contributed by atoms with E-state index < -0.39 is 5.76 Å². The molecule has 1 saturated heterocycles. The Balaban J connectivity index is 1.31. The Morgan fingerprint density at radius 1 is 0.971 bits per heavy atom. The molecule has 174 valence electrons. The third-order valence-corrected chi connectivity index (χ3v) is 6.44. The van der Waals surface area contributed by atoms with Gasteiger partial charge in [0.25, 0.3) is 11.7 Å². The summed E-state index contributed by atoms with van der Waals surface area (Å²) in [6.45, 7) is 2.50. The van der Waals surface area contributed by atoms with Crippen LogP contribution in [0.4, 0.5) is 14.6 Å². The molecule has 0 spiro atoms. The standard InChI is InChI=1S/C23H21F2N7OS/c24-23(25)34-18-9-5-4-8-17(18)22(33)31-12-10-30(11-13-31)20-19-21(27-15-26-20)32(29-28-19)14-16-6-2-1-3-7-16/h1-9,15,23H,10-14H2. The van der Waals surface area contributed by atoms with Crippen molar-refractivity contribution >= 4 is 34.7 Å². The minimum Gasteiger partial charge on any atom is -0.351 e. The highest BCUT2D eigenvalue weighted by Crippen LogP contribution is 2.30. The van der Waals surface area contributed by atoms with E-state index in [1.165, 1.54) is 6.33 Å². The van der Waals surface area contributed by atoms with Gasteiger partial charge in [-0.05, 0) is 17.7 Å². The fourth-order valence-electron chi connectivity index (χ4n) is 4.01. The lowest BCUT2D eigenvalue weighted by Gasteiger charge is -2.35. The number of nitrogens with zero attached hydrogens (tertiary/aromatic N) is 7. The molecule has 0 atom stereocenters. The molecule has 3 heterocycles. The van der Waals surface area contributed by atoms with Gasteiger partial charge >= 0.3 is 0 Å². The predicted octanol–water partition coefficient (Wildman–Crippen LogP) is 3.55. The average molecular weight is 482 g/mol. The van der Waals surface area contributed by atoms with Crippen molar-refractivity contribution < 1.29 is 13.6 Å². The maximum Gasteiger partial charge on any atom is 0.288 e. The van der Waals surface area contributed by atoms with Crippen molar-refractivity contribution in [3.05, 3.63) is 72.1 Å². The number of carbonyl (C=O) groups is 1. The average Bonchev–Trinajstić information content (AvgIpc) is 3.27. The van der Waals surface area contributed by atoms with Gasteiger partial charge in [0.15, 0.2) is 17.0 Å². The van der Waals surface area contributed by atoms with Gasteiger partial charge < -0.3 is 9.80 Å². The summed E-state index contributed by atoms with van der Waals surface area (Å²) in [5.74, 6) is -2.16. The largest absolute Gasteiger partial charge is 0.351 e. The molecule has 0 N–H and O–H groups in total. The third-order valence-electron chi connectivity index (χ3n) is 5.66. The zero-order valence-corrected chi connectivity index (χ0v) is 18.9. The molecule has 1 aliphatic heterocycles. The molecule has 0 bridgehead atoms. The topological polar surface area (TPSA) is 80.0 Å². The van der Waals surface area contributed by atoms with Crippen LogP contribution in [0.3, 0.4) is 0 Å². The second-order valence-corrected chi connectivity index (χ2v) is 8.79. The Labute approximate surface area is 198 Å². The van der Waals surface area contributed by atoms with Crippen molar-refractivity contribution in [1.29, 1.82) is 0 Å². The molecule has 4 aromatic rings. The molecule has 1 aliphatic rings. The van der Waals surface area contributed by atoms with Gasteiger partial charge in [-0.25, -0.2) is 14.6 Å². The van der Waals surface area contributed by atoms with E-state index in [-0.39, 0.29) is 10.8 Å². The maximum atomic E-state index is 13.0. The molecule has 0 unspecified atom stereocenters. The van der Waals surface area contributed by atoms with E-state index >= 15 is 0 Å². The van der Waals surface area contributed by atoms with Crippen LogP contribution in [0.5, 0.6) is 0 Å². The van der Waals surface area contributed by atoms with E-state index in [4.69, 9.17) is 0 Å². The van der Waals surface area contributed by atoms with Crippen molar-refractivity contribution in [2.45, 2.75) is 17.2 Å². The summed E-state index contributed by atoms with van der Waals surface area (Å²) in [5.41, 5.74) is 2.64. The molecule has 11 heteroatoms. The molecule has 0 saturated carbocycles. The van der Waals surface area contributed by atoms with Gasteiger partial charge in [0.2, 0.25) is 0 Å². The molecule has 0 aliphatic carbocycles. The monoisotopic (exact) mass is 481 g/mol.